The SMILES string of the molecule is Cc1ccc(Nc2cncc(F)c2C(=O)NC2CN(CCF)C2)c(F)c1. The molecule has 1 fully saturated rings. The van der Waals surface area contributed by atoms with Gasteiger partial charge >= 0.3 is 0 Å². The summed E-state index contributed by atoms with van der Waals surface area (Å²) < 4.78 is 40.5. The van der Waals surface area contributed by atoms with Gasteiger partial charge in [-0.1, -0.05) is 6.07 Å². The highest BCUT2D eigenvalue weighted by molar-refractivity contribution is 6.00. The molecule has 3 rings (SSSR count). The fourth-order valence-corrected chi connectivity index (χ4v) is 2.85. The van der Waals surface area contributed by atoms with Gasteiger partial charge < -0.3 is 10.6 Å². The molecule has 1 aromatic heterocycles. The molecule has 8 heteroatoms. The number of alkyl halides is 1. The zero-order valence-electron chi connectivity index (χ0n) is 14.2. The molecule has 1 aliphatic rings. The van der Waals surface area contributed by atoms with Crippen molar-refractivity contribution < 1.29 is 18.0 Å². The number of aromatic nitrogens is 1. The number of nitrogens with one attached hydrogen (secondary N) is 2. The van der Waals surface area contributed by atoms with Crippen LogP contribution >= 0.6 is 0 Å². The smallest absolute Gasteiger partial charge is 0.256 e. The lowest BCUT2D eigenvalue weighted by atomic mass is 10.1. The lowest BCUT2D eigenvalue weighted by Crippen LogP contribution is -2.59. The number of benzene rings is 1. The minimum Gasteiger partial charge on any atom is -0.351 e. The Labute approximate surface area is 149 Å². The van der Waals surface area contributed by atoms with E-state index >= 15 is 0 Å². The van der Waals surface area contributed by atoms with Crippen LogP contribution < -0.4 is 10.6 Å². The van der Waals surface area contributed by atoms with Crippen LogP contribution in [0, 0.1) is 18.6 Å². The van der Waals surface area contributed by atoms with Crippen molar-refractivity contribution in [2.45, 2.75) is 13.0 Å². The first-order chi connectivity index (χ1) is 12.5. The van der Waals surface area contributed by atoms with Crippen LogP contribution in [0.5, 0.6) is 0 Å². The molecule has 5 nitrogen and oxygen atoms in total. The molecule has 0 aliphatic carbocycles. The Morgan fingerprint density at radius 2 is 2.00 bits per heavy atom. The number of rotatable bonds is 6. The van der Waals surface area contributed by atoms with Crippen LogP contribution in [-0.2, 0) is 0 Å². The second-order valence-electron chi connectivity index (χ2n) is 6.27. The highest BCUT2D eigenvalue weighted by atomic mass is 19.1. The number of likely N-dealkylation sites (tertiary alicyclic amines) is 1. The third kappa shape index (κ3) is 3.96. The van der Waals surface area contributed by atoms with E-state index in [0.29, 0.717) is 19.6 Å². The fourth-order valence-electron chi connectivity index (χ4n) is 2.85. The van der Waals surface area contributed by atoms with E-state index in [1.165, 1.54) is 18.3 Å². The van der Waals surface area contributed by atoms with Crippen molar-refractivity contribution >= 4 is 17.3 Å². The molecule has 0 radical (unpaired) electrons. The van der Waals surface area contributed by atoms with Crippen molar-refractivity contribution in [3.8, 4) is 0 Å². The average Bonchev–Trinajstić information content (AvgIpc) is 2.55. The van der Waals surface area contributed by atoms with Gasteiger partial charge in [0.2, 0.25) is 0 Å². The maximum Gasteiger partial charge on any atom is 0.256 e. The van der Waals surface area contributed by atoms with Crippen molar-refractivity contribution in [1.29, 1.82) is 0 Å². The first-order valence-corrected chi connectivity index (χ1v) is 8.23. The van der Waals surface area contributed by atoms with Crippen molar-refractivity contribution in [1.82, 2.24) is 15.2 Å². The third-order valence-corrected chi connectivity index (χ3v) is 4.21. The van der Waals surface area contributed by atoms with Gasteiger partial charge in [0.05, 0.1) is 29.8 Å². The van der Waals surface area contributed by atoms with Crippen LogP contribution in [0.15, 0.2) is 30.6 Å². The maximum atomic E-state index is 14.2. The summed E-state index contributed by atoms with van der Waals surface area (Å²) >= 11 is 0. The van der Waals surface area contributed by atoms with Crippen molar-refractivity contribution in [3.63, 3.8) is 0 Å². The first kappa shape index (κ1) is 18.2. The van der Waals surface area contributed by atoms with Gasteiger partial charge in [-0.3, -0.25) is 14.7 Å². The largest absolute Gasteiger partial charge is 0.351 e. The molecule has 0 atom stereocenters. The predicted molar refractivity (Wildman–Crippen MR) is 92.3 cm³/mol. The van der Waals surface area contributed by atoms with Gasteiger partial charge in [-0.25, -0.2) is 13.2 Å². The summed E-state index contributed by atoms with van der Waals surface area (Å²) in [7, 11) is 0. The second kappa shape index (κ2) is 7.74. The Kier molecular flexibility index (Phi) is 5.41. The molecule has 0 bridgehead atoms. The fraction of sp³-hybridized carbons (Fsp3) is 0.333. The summed E-state index contributed by atoms with van der Waals surface area (Å²) in [6.45, 7) is 2.64. The number of amides is 1. The number of nitrogens with zero attached hydrogens (tertiary/aromatic N) is 2. The van der Waals surface area contributed by atoms with Crippen molar-refractivity contribution in [2.75, 3.05) is 31.6 Å². The van der Waals surface area contributed by atoms with Gasteiger partial charge in [-0.15, -0.1) is 0 Å². The van der Waals surface area contributed by atoms with E-state index < -0.39 is 24.2 Å². The number of carbonyl (C=O) groups is 1. The molecular formula is C18H19F3N4O. The number of aryl methyl sites for hydroxylation is 1. The summed E-state index contributed by atoms with van der Waals surface area (Å²) in [5.41, 5.74) is 0.704. The number of hydrogen-bond acceptors (Lipinski definition) is 4. The first-order valence-electron chi connectivity index (χ1n) is 8.23. The summed E-state index contributed by atoms with van der Waals surface area (Å²) in [5, 5.41) is 5.44. The van der Waals surface area contributed by atoms with Crippen LogP contribution in [-0.4, -0.2) is 48.1 Å². The molecule has 2 N–H and O–H groups in total. The molecule has 26 heavy (non-hydrogen) atoms. The number of carbonyl (C=O) groups excluding carboxylic acids is 1. The van der Waals surface area contributed by atoms with Gasteiger partial charge in [0.15, 0.2) is 5.82 Å². The third-order valence-electron chi connectivity index (χ3n) is 4.21. The van der Waals surface area contributed by atoms with E-state index in [1.54, 1.807) is 13.0 Å². The number of anilines is 2. The van der Waals surface area contributed by atoms with Crippen molar-refractivity contribution in [3.05, 3.63) is 53.4 Å². The minimum absolute atomic E-state index is 0.0743. The van der Waals surface area contributed by atoms with Crippen LogP contribution in [0.1, 0.15) is 15.9 Å². The summed E-state index contributed by atoms with van der Waals surface area (Å²) in [6, 6.07) is 4.37. The Morgan fingerprint density at radius 3 is 2.69 bits per heavy atom. The number of pyridine rings is 1. The minimum atomic E-state index is -0.806. The van der Waals surface area contributed by atoms with Crippen molar-refractivity contribution in [2.24, 2.45) is 0 Å². The topological polar surface area (TPSA) is 57.3 Å². The monoisotopic (exact) mass is 364 g/mol. The Hall–Kier alpha value is -2.61. The zero-order valence-corrected chi connectivity index (χ0v) is 14.2. The summed E-state index contributed by atoms with van der Waals surface area (Å²) in [6.07, 6.45) is 2.20. The molecule has 138 valence electrons. The van der Waals surface area contributed by atoms with Gasteiger partial charge in [0, 0.05) is 19.6 Å². The standard InChI is InChI=1S/C18H19F3N4O/c1-11-2-3-15(13(20)6-11)24-16-8-22-7-14(21)17(16)18(26)23-12-9-25(10-12)5-4-19/h2-3,6-8,12,24H,4-5,9-10H2,1H3,(H,23,26). The quantitative estimate of drug-likeness (QED) is 0.828. The van der Waals surface area contributed by atoms with Gasteiger partial charge in [0.25, 0.3) is 5.91 Å². The van der Waals surface area contributed by atoms with Crippen LogP contribution in [0.25, 0.3) is 0 Å². The molecule has 1 aromatic carbocycles. The summed E-state index contributed by atoms with van der Waals surface area (Å²) in [5.74, 6) is -1.94. The molecule has 0 unspecified atom stereocenters. The lowest BCUT2D eigenvalue weighted by molar-refractivity contribution is 0.0795. The summed E-state index contributed by atoms with van der Waals surface area (Å²) in [4.78, 5) is 18.1. The van der Waals surface area contributed by atoms with Crippen LogP contribution in [0.3, 0.4) is 0 Å². The molecule has 0 spiro atoms. The van der Waals surface area contributed by atoms with Crippen LogP contribution in [0.4, 0.5) is 24.5 Å². The number of halogens is 3. The van der Waals surface area contributed by atoms with E-state index in [-0.39, 0.29) is 23.0 Å². The highest BCUT2D eigenvalue weighted by Crippen LogP contribution is 2.25. The van der Waals surface area contributed by atoms with Gasteiger partial charge in [0.1, 0.15) is 18.1 Å². The van der Waals surface area contributed by atoms with Crippen LogP contribution in [0.2, 0.25) is 0 Å². The molecular weight excluding hydrogens is 345 g/mol. The molecule has 0 saturated carbocycles. The van der Waals surface area contributed by atoms with E-state index in [9.17, 15) is 18.0 Å². The highest BCUT2D eigenvalue weighted by Gasteiger charge is 2.29. The zero-order chi connectivity index (χ0) is 18.7. The van der Waals surface area contributed by atoms with E-state index in [4.69, 9.17) is 0 Å². The second-order valence-corrected chi connectivity index (χ2v) is 6.27. The average molecular weight is 364 g/mol. The van der Waals surface area contributed by atoms with E-state index in [1.807, 2.05) is 4.90 Å². The van der Waals surface area contributed by atoms with E-state index in [2.05, 4.69) is 15.6 Å². The van der Waals surface area contributed by atoms with Gasteiger partial charge in [-0.05, 0) is 24.6 Å². The Balaban J connectivity index is 1.76. The maximum absolute atomic E-state index is 14.2. The number of hydrogen-bond donors (Lipinski definition) is 2. The lowest BCUT2D eigenvalue weighted by Gasteiger charge is -2.39. The normalized spacial score (nSPS) is 14.8. The Morgan fingerprint density at radius 1 is 1.23 bits per heavy atom. The molecule has 2 heterocycles. The predicted octanol–water partition coefficient (Wildman–Crippen LogP) is 2.80. The Bertz CT molecular complexity index is 809. The molecule has 1 saturated heterocycles. The van der Waals surface area contributed by atoms with E-state index in [0.717, 1.165) is 11.8 Å². The molecule has 1 aliphatic heterocycles. The molecule has 2 aromatic rings. The molecule has 1 amide bonds. The van der Waals surface area contributed by atoms with Gasteiger partial charge in [-0.2, -0.15) is 0 Å².